The highest BCUT2D eigenvalue weighted by atomic mass is 19.1. The first kappa shape index (κ1) is 15.3. The zero-order chi connectivity index (χ0) is 14.4. The van der Waals surface area contributed by atoms with Crippen molar-refractivity contribution >= 4 is 5.69 Å². The molecule has 20 heavy (non-hydrogen) atoms. The van der Waals surface area contributed by atoms with Crippen molar-refractivity contribution in [2.75, 3.05) is 24.5 Å². The molecule has 1 heterocycles. The molecule has 1 unspecified atom stereocenters. The molecular weight excluding hydrogens is 251 g/mol. The van der Waals surface area contributed by atoms with E-state index in [2.05, 4.69) is 30.1 Å². The van der Waals surface area contributed by atoms with Gasteiger partial charge in [0.1, 0.15) is 5.82 Å². The average molecular weight is 278 g/mol. The molecule has 1 aromatic carbocycles. The van der Waals surface area contributed by atoms with Crippen molar-refractivity contribution in [2.45, 2.75) is 52.0 Å². The van der Waals surface area contributed by atoms with E-state index in [1.807, 2.05) is 6.07 Å². The Morgan fingerprint density at radius 3 is 2.45 bits per heavy atom. The normalized spacial score (nSPS) is 18.4. The van der Waals surface area contributed by atoms with E-state index in [1.165, 1.54) is 32.1 Å². The number of hydrogen-bond donors (Lipinski definition) is 1. The average Bonchev–Trinajstić information content (AvgIpc) is 2.38. The van der Waals surface area contributed by atoms with Gasteiger partial charge in [-0.1, -0.05) is 32.3 Å². The third-order valence-corrected chi connectivity index (χ3v) is 4.17. The van der Waals surface area contributed by atoms with E-state index in [1.54, 1.807) is 6.07 Å². The maximum absolute atomic E-state index is 14.3. The lowest BCUT2D eigenvalue weighted by molar-refractivity contribution is 0.527. The Hall–Kier alpha value is -1.09. The fraction of sp³-hybridized carbons (Fsp3) is 0.647. The van der Waals surface area contributed by atoms with Gasteiger partial charge in [0.2, 0.25) is 0 Å². The van der Waals surface area contributed by atoms with Crippen LogP contribution in [0.2, 0.25) is 0 Å². The van der Waals surface area contributed by atoms with Gasteiger partial charge in [-0.25, -0.2) is 4.39 Å². The quantitative estimate of drug-likeness (QED) is 0.885. The minimum atomic E-state index is -0.0852. The summed E-state index contributed by atoms with van der Waals surface area (Å²) in [6, 6.07) is 5.55. The van der Waals surface area contributed by atoms with Crippen molar-refractivity contribution in [1.82, 2.24) is 5.32 Å². The minimum Gasteiger partial charge on any atom is -0.371 e. The van der Waals surface area contributed by atoms with Crippen LogP contribution in [0.3, 0.4) is 0 Å². The zero-order valence-electron chi connectivity index (χ0n) is 12.8. The molecule has 0 spiro atoms. The van der Waals surface area contributed by atoms with Crippen LogP contribution in [0.15, 0.2) is 18.2 Å². The number of hydrogen-bond acceptors (Lipinski definition) is 2. The molecule has 1 aliphatic rings. The van der Waals surface area contributed by atoms with Gasteiger partial charge in [-0.3, -0.25) is 0 Å². The highest BCUT2D eigenvalue weighted by Crippen LogP contribution is 2.30. The third-order valence-electron chi connectivity index (χ3n) is 4.17. The van der Waals surface area contributed by atoms with Crippen molar-refractivity contribution in [1.29, 1.82) is 0 Å². The number of nitrogens with one attached hydrogen (secondary N) is 1. The van der Waals surface area contributed by atoms with E-state index in [0.717, 1.165) is 30.9 Å². The third kappa shape index (κ3) is 3.72. The second-order valence-electron chi connectivity index (χ2n) is 5.71. The van der Waals surface area contributed by atoms with Crippen molar-refractivity contribution in [2.24, 2.45) is 0 Å². The predicted octanol–water partition coefficient (Wildman–Crippen LogP) is 4.27. The van der Waals surface area contributed by atoms with Gasteiger partial charge in [-0.05, 0) is 38.4 Å². The molecule has 0 aliphatic carbocycles. The lowest BCUT2D eigenvalue weighted by atomic mass is 10.0. The van der Waals surface area contributed by atoms with Crippen LogP contribution in [0.4, 0.5) is 10.1 Å². The van der Waals surface area contributed by atoms with E-state index in [-0.39, 0.29) is 11.9 Å². The van der Waals surface area contributed by atoms with Crippen LogP contribution in [0.5, 0.6) is 0 Å². The van der Waals surface area contributed by atoms with Gasteiger partial charge in [0, 0.05) is 30.4 Å². The molecule has 0 aromatic heterocycles. The largest absolute Gasteiger partial charge is 0.371 e. The molecule has 0 radical (unpaired) electrons. The second-order valence-corrected chi connectivity index (χ2v) is 5.71. The maximum Gasteiger partial charge on any atom is 0.130 e. The van der Waals surface area contributed by atoms with Crippen LogP contribution in [-0.4, -0.2) is 19.6 Å². The molecule has 1 atom stereocenters. The Labute approximate surface area is 122 Å². The molecular formula is C17H27FN2. The van der Waals surface area contributed by atoms with Crippen LogP contribution in [0.1, 0.15) is 57.6 Å². The first-order chi connectivity index (χ1) is 9.74. The topological polar surface area (TPSA) is 15.3 Å². The fourth-order valence-corrected chi connectivity index (χ4v) is 3.13. The first-order valence-electron chi connectivity index (χ1n) is 8.00. The summed E-state index contributed by atoms with van der Waals surface area (Å²) in [7, 11) is 0. The Kier molecular flexibility index (Phi) is 5.84. The van der Waals surface area contributed by atoms with Gasteiger partial charge in [0.05, 0.1) is 0 Å². The molecule has 2 nitrogen and oxygen atoms in total. The molecule has 1 aromatic rings. The summed E-state index contributed by atoms with van der Waals surface area (Å²) in [5.74, 6) is -0.0852. The summed E-state index contributed by atoms with van der Waals surface area (Å²) in [6.07, 6.45) is 6.36. The van der Waals surface area contributed by atoms with Crippen molar-refractivity contribution in [3.05, 3.63) is 29.6 Å². The standard InChI is InChI=1S/C17H27FN2/c1-3-19-14(2)17-15(18)10-9-11-16(17)20-12-7-5-4-6-8-13-20/h9-11,14,19H,3-8,12-13H2,1-2H3. The fourth-order valence-electron chi connectivity index (χ4n) is 3.13. The lowest BCUT2D eigenvalue weighted by Crippen LogP contribution is -2.30. The van der Waals surface area contributed by atoms with E-state index >= 15 is 0 Å². The summed E-state index contributed by atoms with van der Waals surface area (Å²) in [5.41, 5.74) is 1.91. The monoisotopic (exact) mass is 278 g/mol. The molecule has 1 saturated heterocycles. The first-order valence-corrected chi connectivity index (χ1v) is 8.00. The van der Waals surface area contributed by atoms with E-state index in [9.17, 15) is 4.39 Å². The smallest absolute Gasteiger partial charge is 0.130 e. The number of anilines is 1. The molecule has 112 valence electrons. The Balaban J connectivity index is 2.26. The van der Waals surface area contributed by atoms with E-state index in [4.69, 9.17) is 0 Å². The molecule has 1 fully saturated rings. The van der Waals surface area contributed by atoms with Crippen molar-refractivity contribution < 1.29 is 4.39 Å². The van der Waals surface area contributed by atoms with Crippen LogP contribution < -0.4 is 10.2 Å². The SMILES string of the molecule is CCNC(C)c1c(F)cccc1N1CCCCCCC1. The highest BCUT2D eigenvalue weighted by Gasteiger charge is 2.19. The number of benzene rings is 1. The zero-order valence-corrected chi connectivity index (χ0v) is 12.8. The molecule has 1 aliphatic heterocycles. The van der Waals surface area contributed by atoms with Crippen LogP contribution in [-0.2, 0) is 0 Å². The van der Waals surface area contributed by atoms with Gasteiger partial charge in [0.15, 0.2) is 0 Å². The van der Waals surface area contributed by atoms with E-state index < -0.39 is 0 Å². The van der Waals surface area contributed by atoms with Gasteiger partial charge in [-0.2, -0.15) is 0 Å². The van der Waals surface area contributed by atoms with Crippen LogP contribution in [0.25, 0.3) is 0 Å². The summed E-state index contributed by atoms with van der Waals surface area (Å²) in [6.45, 7) is 7.07. The number of nitrogens with zero attached hydrogens (tertiary/aromatic N) is 1. The Morgan fingerprint density at radius 2 is 1.80 bits per heavy atom. The summed E-state index contributed by atoms with van der Waals surface area (Å²) in [5, 5.41) is 3.34. The predicted molar refractivity (Wildman–Crippen MR) is 83.8 cm³/mol. The van der Waals surface area contributed by atoms with Gasteiger partial charge in [0.25, 0.3) is 0 Å². The van der Waals surface area contributed by atoms with Gasteiger partial charge in [-0.15, -0.1) is 0 Å². The summed E-state index contributed by atoms with van der Waals surface area (Å²) in [4.78, 5) is 2.38. The maximum atomic E-state index is 14.3. The van der Waals surface area contributed by atoms with Crippen molar-refractivity contribution in [3.8, 4) is 0 Å². The van der Waals surface area contributed by atoms with Crippen LogP contribution >= 0.6 is 0 Å². The summed E-state index contributed by atoms with van der Waals surface area (Å²) >= 11 is 0. The minimum absolute atomic E-state index is 0.0571. The van der Waals surface area contributed by atoms with Crippen LogP contribution in [0, 0.1) is 5.82 Å². The van der Waals surface area contributed by atoms with E-state index in [0.29, 0.717) is 0 Å². The second kappa shape index (κ2) is 7.63. The molecule has 0 amide bonds. The van der Waals surface area contributed by atoms with Gasteiger partial charge >= 0.3 is 0 Å². The number of rotatable bonds is 4. The summed E-state index contributed by atoms with van der Waals surface area (Å²) < 4.78 is 14.3. The van der Waals surface area contributed by atoms with Gasteiger partial charge < -0.3 is 10.2 Å². The molecule has 2 rings (SSSR count). The Bertz CT molecular complexity index is 411. The lowest BCUT2D eigenvalue weighted by Gasteiger charge is -2.30. The Morgan fingerprint density at radius 1 is 1.15 bits per heavy atom. The van der Waals surface area contributed by atoms with Crippen molar-refractivity contribution in [3.63, 3.8) is 0 Å². The molecule has 0 bridgehead atoms. The molecule has 3 heteroatoms. The molecule has 0 saturated carbocycles. The number of halogens is 1. The molecule has 1 N–H and O–H groups in total. The highest BCUT2D eigenvalue weighted by molar-refractivity contribution is 5.55.